The Morgan fingerprint density at radius 3 is 2.40 bits per heavy atom. The zero-order valence-corrected chi connectivity index (χ0v) is 20.6. The monoisotopic (exact) mass is 471 g/mol. The standard InChI is InChI=1S/C29H29NO5/c1-18-7-6-8-24(19(18)2)30-27(31)17-33-22-13-14-23-25(15-22)34-16-26(28(23)32)35-21-11-9-20(10-12-21)29(3,4)5/h6-16H,17H2,1-5H3,(H,30,31). The largest absolute Gasteiger partial charge is 0.484 e. The number of fused-ring (bicyclic) bond motifs is 1. The van der Waals surface area contributed by atoms with Crippen molar-refractivity contribution in [1.29, 1.82) is 0 Å². The van der Waals surface area contributed by atoms with Gasteiger partial charge in [-0.2, -0.15) is 0 Å². The summed E-state index contributed by atoms with van der Waals surface area (Å²) in [5.74, 6) is 0.798. The number of hydrogen-bond acceptors (Lipinski definition) is 5. The van der Waals surface area contributed by atoms with Crippen LogP contribution in [0.1, 0.15) is 37.5 Å². The molecule has 0 radical (unpaired) electrons. The molecule has 4 rings (SSSR count). The topological polar surface area (TPSA) is 77.8 Å². The summed E-state index contributed by atoms with van der Waals surface area (Å²) in [6.07, 6.45) is 1.29. The maximum atomic E-state index is 12.9. The molecule has 180 valence electrons. The molecule has 0 saturated carbocycles. The van der Waals surface area contributed by atoms with Crippen LogP contribution < -0.4 is 20.2 Å². The van der Waals surface area contributed by atoms with Crippen LogP contribution in [0.5, 0.6) is 17.2 Å². The fourth-order valence-corrected chi connectivity index (χ4v) is 3.62. The van der Waals surface area contributed by atoms with E-state index in [0.717, 1.165) is 16.8 Å². The summed E-state index contributed by atoms with van der Waals surface area (Å²) in [6.45, 7) is 10.2. The second kappa shape index (κ2) is 9.66. The quantitative estimate of drug-likeness (QED) is 0.346. The van der Waals surface area contributed by atoms with Crippen LogP contribution in [0.2, 0.25) is 0 Å². The summed E-state index contributed by atoms with van der Waals surface area (Å²) in [5, 5.41) is 3.22. The molecule has 0 bridgehead atoms. The molecule has 3 aromatic carbocycles. The van der Waals surface area contributed by atoms with E-state index < -0.39 is 0 Å². The number of amides is 1. The van der Waals surface area contributed by atoms with Crippen LogP contribution in [-0.2, 0) is 10.2 Å². The van der Waals surface area contributed by atoms with Crippen molar-refractivity contribution in [3.8, 4) is 17.2 Å². The number of rotatable bonds is 6. The van der Waals surface area contributed by atoms with Crippen LogP contribution in [0, 0.1) is 13.8 Å². The van der Waals surface area contributed by atoms with Crippen LogP contribution in [0.3, 0.4) is 0 Å². The van der Waals surface area contributed by atoms with Gasteiger partial charge in [0.15, 0.2) is 6.61 Å². The van der Waals surface area contributed by atoms with Gasteiger partial charge < -0.3 is 19.2 Å². The Morgan fingerprint density at radius 1 is 0.971 bits per heavy atom. The zero-order chi connectivity index (χ0) is 25.2. The minimum absolute atomic E-state index is 0.0283. The number of carbonyl (C=O) groups is 1. The van der Waals surface area contributed by atoms with E-state index in [-0.39, 0.29) is 29.1 Å². The fraction of sp³-hybridized carbons (Fsp3) is 0.241. The molecule has 0 aliphatic rings. The van der Waals surface area contributed by atoms with Gasteiger partial charge in [-0.1, -0.05) is 45.0 Å². The second-order valence-corrected chi connectivity index (χ2v) is 9.55. The highest BCUT2D eigenvalue weighted by Crippen LogP contribution is 2.27. The number of aryl methyl sites for hydroxylation is 1. The third kappa shape index (κ3) is 5.54. The smallest absolute Gasteiger partial charge is 0.262 e. The molecule has 0 fully saturated rings. The van der Waals surface area contributed by atoms with Gasteiger partial charge in [0.05, 0.1) is 5.39 Å². The lowest BCUT2D eigenvalue weighted by molar-refractivity contribution is -0.118. The zero-order valence-electron chi connectivity index (χ0n) is 20.6. The SMILES string of the molecule is Cc1cccc(NC(=O)COc2ccc3c(=O)c(Oc4ccc(C(C)(C)C)cc4)coc3c2)c1C. The number of nitrogens with one attached hydrogen (secondary N) is 1. The number of anilines is 1. The highest BCUT2D eigenvalue weighted by molar-refractivity contribution is 5.92. The highest BCUT2D eigenvalue weighted by atomic mass is 16.5. The average Bonchev–Trinajstić information content (AvgIpc) is 2.82. The van der Waals surface area contributed by atoms with Crippen molar-refractivity contribution in [2.75, 3.05) is 11.9 Å². The van der Waals surface area contributed by atoms with Gasteiger partial charge in [-0.15, -0.1) is 0 Å². The Labute approximate surface area is 204 Å². The second-order valence-electron chi connectivity index (χ2n) is 9.55. The van der Waals surface area contributed by atoms with E-state index in [1.54, 1.807) is 18.2 Å². The maximum absolute atomic E-state index is 12.9. The molecule has 0 unspecified atom stereocenters. The predicted octanol–water partition coefficient (Wildman–Crippen LogP) is 6.52. The van der Waals surface area contributed by atoms with Crippen LogP contribution >= 0.6 is 0 Å². The first-order valence-corrected chi connectivity index (χ1v) is 11.4. The summed E-state index contributed by atoms with van der Waals surface area (Å²) in [5.41, 5.74) is 4.12. The fourth-order valence-electron chi connectivity index (χ4n) is 3.62. The Hall–Kier alpha value is -4.06. The molecule has 0 atom stereocenters. The number of carbonyl (C=O) groups excluding carboxylic acids is 1. The van der Waals surface area contributed by atoms with Crippen molar-refractivity contribution < 1.29 is 18.7 Å². The van der Waals surface area contributed by atoms with E-state index in [9.17, 15) is 9.59 Å². The van der Waals surface area contributed by atoms with Gasteiger partial charge in [-0.05, 0) is 66.3 Å². The van der Waals surface area contributed by atoms with Gasteiger partial charge in [0, 0.05) is 11.8 Å². The molecule has 0 spiro atoms. The van der Waals surface area contributed by atoms with E-state index in [4.69, 9.17) is 13.9 Å². The molecule has 4 aromatic rings. The van der Waals surface area contributed by atoms with Crippen LogP contribution in [-0.4, -0.2) is 12.5 Å². The van der Waals surface area contributed by atoms with Crippen molar-refractivity contribution in [1.82, 2.24) is 0 Å². The number of ether oxygens (including phenoxy) is 2. The summed E-state index contributed by atoms with van der Waals surface area (Å²) in [7, 11) is 0. The summed E-state index contributed by atoms with van der Waals surface area (Å²) in [4.78, 5) is 25.2. The summed E-state index contributed by atoms with van der Waals surface area (Å²) < 4.78 is 17.0. The van der Waals surface area contributed by atoms with Gasteiger partial charge >= 0.3 is 0 Å². The molecule has 1 heterocycles. The van der Waals surface area contributed by atoms with E-state index in [2.05, 4.69) is 26.1 Å². The van der Waals surface area contributed by atoms with Gasteiger partial charge in [0.1, 0.15) is 23.3 Å². The van der Waals surface area contributed by atoms with Crippen molar-refractivity contribution in [2.24, 2.45) is 0 Å². The Kier molecular flexibility index (Phi) is 6.65. The van der Waals surface area contributed by atoms with E-state index in [1.807, 2.05) is 56.3 Å². The molecular formula is C29H29NO5. The third-order valence-corrected chi connectivity index (χ3v) is 5.91. The molecule has 0 aliphatic carbocycles. The van der Waals surface area contributed by atoms with E-state index in [0.29, 0.717) is 22.5 Å². The van der Waals surface area contributed by atoms with Crippen LogP contribution in [0.4, 0.5) is 5.69 Å². The van der Waals surface area contributed by atoms with Crippen LogP contribution in [0.25, 0.3) is 11.0 Å². The van der Waals surface area contributed by atoms with Crippen molar-refractivity contribution in [3.63, 3.8) is 0 Å². The molecule has 35 heavy (non-hydrogen) atoms. The average molecular weight is 472 g/mol. The third-order valence-electron chi connectivity index (χ3n) is 5.91. The molecule has 0 saturated heterocycles. The Balaban J connectivity index is 1.44. The number of benzene rings is 3. The minimum atomic E-state index is -0.287. The lowest BCUT2D eigenvalue weighted by Gasteiger charge is -2.19. The van der Waals surface area contributed by atoms with E-state index in [1.165, 1.54) is 11.8 Å². The summed E-state index contributed by atoms with van der Waals surface area (Å²) in [6, 6.07) is 18.2. The van der Waals surface area contributed by atoms with Crippen LogP contribution in [0.15, 0.2) is 76.1 Å². The van der Waals surface area contributed by atoms with Crippen molar-refractivity contribution in [2.45, 2.75) is 40.0 Å². The van der Waals surface area contributed by atoms with Crippen molar-refractivity contribution >= 4 is 22.6 Å². The normalized spacial score (nSPS) is 11.3. The molecule has 1 N–H and O–H groups in total. The Morgan fingerprint density at radius 2 is 1.69 bits per heavy atom. The molecule has 6 nitrogen and oxygen atoms in total. The lowest BCUT2D eigenvalue weighted by atomic mass is 9.87. The summed E-state index contributed by atoms with van der Waals surface area (Å²) >= 11 is 0. The highest BCUT2D eigenvalue weighted by Gasteiger charge is 2.15. The molecular weight excluding hydrogens is 442 g/mol. The molecule has 1 aromatic heterocycles. The maximum Gasteiger partial charge on any atom is 0.262 e. The first kappa shape index (κ1) is 24.1. The van der Waals surface area contributed by atoms with Gasteiger partial charge in [-0.25, -0.2) is 0 Å². The molecule has 1 amide bonds. The lowest BCUT2D eigenvalue weighted by Crippen LogP contribution is -2.20. The molecule has 6 heteroatoms. The van der Waals surface area contributed by atoms with E-state index >= 15 is 0 Å². The minimum Gasteiger partial charge on any atom is -0.484 e. The first-order valence-electron chi connectivity index (χ1n) is 11.4. The van der Waals surface area contributed by atoms with Gasteiger partial charge in [0.25, 0.3) is 5.91 Å². The van der Waals surface area contributed by atoms with Gasteiger partial charge in [-0.3, -0.25) is 9.59 Å². The predicted molar refractivity (Wildman–Crippen MR) is 138 cm³/mol. The van der Waals surface area contributed by atoms with Crippen molar-refractivity contribution in [3.05, 3.63) is 93.8 Å². The first-order chi connectivity index (χ1) is 16.6. The Bertz CT molecular complexity index is 1430. The molecule has 0 aliphatic heterocycles. The van der Waals surface area contributed by atoms with Gasteiger partial charge in [0.2, 0.25) is 11.2 Å². The number of hydrogen-bond donors (Lipinski definition) is 1.